The summed E-state index contributed by atoms with van der Waals surface area (Å²) >= 11 is 5.99. The van der Waals surface area contributed by atoms with E-state index >= 15 is 0 Å². The van der Waals surface area contributed by atoms with Gasteiger partial charge in [-0.2, -0.15) is 0 Å². The quantitative estimate of drug-likeness (QED) is 0.914. The van der Waals surface area contributed by atoms with Crippen LogP contribution in [0.1, 0.15) is 10.4 Å². The zero-order chi connectivity index (χ0) is 11.7. The lowest BCUT2D eigenvalue weighted by atomic mass is 10.1. The van der Waals surface area contributed by atoms with Crippen molar-refractivity contribution in [3.63, 3.8) is 0 Å². The summed E-state index contributed by atoms with van der Waals surface area (Å²) in [6.07, 6.45) is 1.23. The van der Waals surface area contributed by atoms with Gasteiger partial charge in [-0.3, -0.25) is 4.98 Å². The molecule has 0 fully saturated rings. The molecule has 2 aromatic rings. The number of para-hydroxylation sites is 1. The minimum Gasteiger partial charge on any atom is -0.494 e. The van der Waals surface area contributed by atoms with Gasteiger partial charge in [0.25, 0.3) is 0 Å². The Balaban J connectivity index is 0.00000144. The van der Waals surface area contributed by atoms with Crippen molar-refractivity contribution < 1.29 is 14.6 Å². The number of hydrogen-bond acceptors (Lipinski definition) is 3. The molecule has 17 heavy (non-hydrogen) atoms. The first-order valence-corrected chi connectivity index (χ1v) is 4.87. The zero-order valence-electron chi connectivity index (χ0n) is 8.81. The van der Waals surface area contributed by atoms with E-state index in [1.54, 1.807) is 18.2 Å². The molecule has 1 aromatic heterocycles. The third kappa shape index (κ3) is 2.28. The van der Waals surface area contributed by atoms with E-state index in [0.29, 0.717) is 16.7 Å². The number of benzene rings is 1. The molecule has 0 radical (unpaired) electrons. The van der Waals surface area contributed by atoms with Crippen molar-refractivity contribution in [2.24, 2.45) is 0 Å². The number of nitrogens with zero attached hydrogens (tertiary/aromatic N) is 1. The van der Waals surface area contributed by atoms with Crippen LogP contribution < -0.4 is 4.74 Å². The highest BCUT2D eigenvalue weighted by Gasteiger charge is 2.14. The second-order valence-electron chi connectivity index (χ2n) is 3.15. The minimum atomic E-state index is -1.10. The fraction of sp³-hybridized carbons (Fsp3) is 0.0909. The van der Waals surface area contributed by atoms with E-state index in [1.165, 1.54) is 13.3 Å². The van der Waals surface area contributed by atoms with Crippen LogP contribution in [0, 0.1) is 0 Å². The fourth-order valence-electron chi connectivity index (χ4n) is 1.48. The second-order valence-corrected chi connectivity index (χ2v) is 3.53. The van der Waals surface area contributed by atoms with Gasteiger partial charge in [-0.25, -0.2) is 4.79 Å². The van der Waals surface area contributed by atoms with Crippen LogP contribution in [0.4, 0.5) is 0 Å². The first-order valence-electron chi connectivity index (χ1n) is 4.49. The zero-order valence-corrected chi connectivity index (χ0v) is 10.4. The van der Waals surface area contributed by atoms with Gasteiger partial charge in [-0.1, -0.05) is 23.7 Å². The number of halogens is 2. The Bertz CT molecular complexity index is 572. The molecule has 0 amide bonds. The van der Waals surface area contributed by atoms with E-state index in [9.17, 15) is 4.79 Å². The van der Waals surface area contributed by atoms with Crippen molar-refractivity contribution in [3.05, 3.63) is 35.0 Å². The third-order valence-corrected chi connectivity index (χ3v) is 2.65. The number of fused-ring (bicyclic) bond motifs is 1. The van der Waals surface area contributed by atoms with Crippen LogP contribution in [0.3, 0.4) is 0 Å². The average molecular weight is 274 g/mol. The molecule has 4 nitrogen and oxygen atoms in total. The van der Waals surface area contributed by atoms with Crippen LogP contribution >= 0.6 is 24.0 Å². The minimum absolute atomic E-state index is 0. The average Bonchev–Trinajstić information content (AvgIpc) is 2.28. The molecular weight excluding hydrogens is 265 g/mol. The summed E-state index contributed by atoms with van der Waals surface area (Å²) in [6.45, 7) is 0. The summed E-state index contributed by atoms with van der Waals surface area (Å²) in [6, 6.07) is 5.19. The summed E-state index contributed by atoms with van der Waals surface area (Å²) in [5, 5.41) is 9.64. The maximum absolute atomic E-state index is 10.9. The van der Waals surface area contributed by atoms with Gasteiger partial charge in [0, 0.05) is 11.6 Å². The van der Waals surface area contributed by atoms with Gasteiger partial charge in [0.05, 0.1) is 17.7 Å². The molecular formula is C11H9Cl2NO3. The number of pyridine rings is 1. The van der Waals surface area contributed by atoms with Crippen molar-refractivity contribution >= 4 is 40.9 Å². The molecule has 2 rings (SSSR count). The van der Waals surface area contributed by atoms with Crippen LogP contribution in [0.2, 0.25) is 5.02 Å². The predicted octanol–water partition coefficient (Wildman–Crippen LogP) is 3.02. The Labute approximate surface area is 109 Å². The molecule has 0 saturated heterocycles. The first-order chi connectivity index (χ1) is 7.65. The Hall–Kier alpha value is -1.52. The fourth-order valence-corrected chi connectivity index (χ4v) is 1.76. The lowest BCUT2D eigenvalue weighted by Gasteiger charge is -2.06. The van der Waals surface area contributed by atoms with E-state index < -0.39 is 5.97 Å². The molecule has 0 saturated carbocycles. The number of rotatable bonds is 2. The second kappa shape index (κ2) is 5.21. The maximum atomic E-state index is 10.9. The number of methoxy groups -OCH3 is 1. The van der Waals surface area contributed by atoms with Crippen molar-refractivity contribution in [2.45, 2.75) is 0 Å². The summed E-state index contributed by atoms with van der Waals surface area (Å²) < 4.78 is 5.11. The number of aromatic nitrogens is 1. The van der Waals surface area contributed by atoms with Crippen LogP contribution in [0.5, 0.6) is 5.75 Å². The molecule has 1 aromatic carbocycles. The van der Waals surface area contributed by atoms with Crippen LogP contribution in [-0.4, -0.2) is 23.2 Å². The highest BCUT2D eigenvalue weighted by molar-refractivity contribution is 6.38. The van der Waals surface area contributed by atoms with Gasteiger partial charge < -0.3 is 9.84 Å². The van der Waals surface area contributed by atoms with Gasteiger partial charge in [0.2, 0.25) is 0 Å². The van der Waals surface area contributed by atoms with E-state index in [0.717, 1.165) is 0 Å². The molecule has 0 atom stereocenters. The Kier molecular flexibility index (Phi) is 4.15. The number of carboxylic acid groups (broad SMARTS) is 1. The summed E-state index contributed by atoms with van der Waals surface area (Å²) in [4.78, 5) is 14.9. The maximum Gasteiger partial charge on any atom is 0.338 e. The SMILES string of the molecule is COc1cccc2c(Cl)c(C(=O)O)cnc12.Cl. The van der Waals surface area contributed by atoms with Crippen LogP contribution in [0.15, 0.2) is 24.4 Å². The molecule has 1 heterocycles. The van der Waals surface area contributed by atoms with E-state index in [4.69, 9.17) is 21.4 Å². The molecule has 1 N–H and O–H groups in total. The Morgan fingerprint density at radius 3 is 2.76 bits per heavy atom. The molecule has 0 spiro atoms. The number of carboxylic acids is 1. The molecule has 0 aliphatic rings. The smallest absolute Gasteiger partial charge is 0.338 e. The molecule has 0 aliphatic heterocycles. The number of aromatic carboxylic acids is 1. The third-order valence-electron chi connectivity index (χ3n) is 2.25. The standard InChI is InChI=1S/C11H8ClNO3.ClH/c1-16-8-4-2-3-6-9(12)7(11(14)15)5-13-10(6)8;/h2-5H,1H3,(H,14,15);1H. The summed E-state index contributed by atoms with van der Waals surface area (Å²) in [5.74, 6) is -0.529. The largest absolute Gasteiger partial charge is 0.494 e. The molecule has 0 bridgehead atoms. The van der Waals surface area contributed by atoms with Gasteiger partial charge in [0.1, 0.15) is 11.3 Å². The topological polar surface area (TPSA) is 59.4 Å². The highest BCUT2D eigenvalue weighted by Crippen LogP contribution is 2.30. The Morgan fingerprint density at radius 1 is 1.47 bits per heavy atom. The summed E-state index contributed by atoms with van der Waals surface area (Å²) in [5.41, 5.74) is 0.544. The molecule has 0 unspecified atom stereocenters. The lowest BCUT2D eigenvalue weighted by Crippen LogP contribution is -1.99. The van der Waals surface area contributed by atoms with Crippen LogP contribution in [0.25, 0.3) is 10.9 Å². The molecule has 90 valence electrons. The first kappa shape index (κ1) is 13.5. The van der Waals surface area contributed by atoms with Gasteiger partial charge >= 0.3 is 5.97 Å². The van der Waals surface area contributed by atoms with Crippen molar-refractivity contribution in [1.82, 2.24) is 4.98 Å². The van der Waals surface area contributed by atoms with Crippen LogP contribution in [-0.2, 0) is 0 Å². The van der Waals surface area contributed by atoms with Gasteiger partial charge in [-0.05, 0) is 6.07 Å². The van der Waals surface area contributed by atoms with E-state index in [2.05, 4.69) is 4.98 Å². The highest BCUT2D eigenvalue weighted by atomic mass is 35.5. The number of carbonyl (C=O) groups is 1. The summed E-state index contributed by atoms with van der Waals surface area (Å²) in [7, 11) is 1.52. The number of hydrogen-bond donors (Lipinski definition) is 1. The normalized spacial score (nSPS) is 9.76. The Morgan fingerprint density at radius 2 is 2.18 bits per heavy atom. The van der Waals surface area contributed by atoms with Crippen molar-refractivity contribution in [1.29, 1.82) is 0 Å². The van der Waals surface area contributed by atoms with Gasteiger partial charge in [-0.15, -0.1) is 12.4 Å². The molecule has 0 aliphatic carbocycles. The van der Waals surface area contributed by atoms with Crippen molar-refractivity contribution in [3.8, 4) is 5.75 Å². The van der Waals surface area contributed by atoms with E-state index in [1.807, 2.05) is 0 Å². The van der Waals surface area contributed by atoms with Gasteiger partial charge in [0.15, 0.2) is 0 Å². The monoisotopic (exact) mass is 273 g/mol. The van der Waals surface area contributed by atoms with Crippen molar-refractivity contribution in [2.75, 3.05) is 7.11 Å². The number of ether oxygens (including phenoxy) is 1. The predicted molar refractivity (Wildman–Crippen MR) is 67.5 cm³/mol. The van der Waals surface area contributed by atoms with E-state index in [-0.39, 0.29) is 23.0 Å². The lowest BCUT2D eigenvalue weighted by molar-refractivity contribution is 0.0697. The molecule has 6 heteroatoms.